The third kappa shape index (κ3) is 6.80. The van der Waals surface area contributed by atoms with Crippen LogP contribution in [0.15, 0.2) is 0 Å². The second kappa shape index (κ2) is 9.86. The van der Waals surface area contributed by atoms with Crippen molar-refractivity contribution in [1.82, 2.24) is 0 Å². The van der Waals surface area contributed by atoms with Crippen LogP contribution in [0.5, 0.6) is 0 Å². The third-order valence-corrected chi connectivity index (χ3v) is 4.10. The lowest BCUT2D eigenvalue weighted by Gasteiger charge is -2.28. The van der Waals surface area contributed by atoms with Crippen LogP contribution in [-0.4, -0.2) is 25.2 Å². The number of hydrogen-bond donors (Lipinski definition) is 0. The summed E-state index contributed by atoms with van der Waals surface area (Å²) in [4.78, 5) is 24.5. The fourth-order valence-electron chi connectivity index (χ4n) is 2.82. The van der Waals surface area contributed by atoms with Gasteiger partial charge in [0.1, 0.15) is 0 Å². The fourth-order valence-corrected chi connectivity index (χ4v) is 2.82. The van der Waals surface area contributed by atoms with Crippen molar-refractivity contribution in [3.63, 3.8) is 0 Å². The van der Waals surface area contributed by atoms with Crippen molar-refractivity contribution in [3.8, 4) is 0 Å². The van der Waals surface area contributed by atoms with Crippen LogP contribution in [0.25, 0.3) is 0 Å². The molecule has 0 radical (unpaired) electrons. The van der Waals surface area contributed by atoms with Crippen LogP contribution in [0.3, 0.4) is 0 Å². The van der Waals surface area contributed by atoms with E-state index in [1.165, 1.54) is 0 Å². The quantitative estimate of drug-likeness (QED) is 0.502. The zero-order valence-electron chi connectivity index (χ0n) is 14.6. The van der Waals surface area contributed by atoms with Gasteiger partial charge in [-0.3, -0.25) is 9.59 Å². The van der Waals surface area contributed by atoms with Gasteiger partial charge < -0.3 is 9.47 Å². The normalized spacial score (nSPS) is 21.9. The first-order valence-electron chi connectivity index (χ1n) is 8.75. The predicted molar refractivity (Wildman–Crippen MR) is 86.3 cm³/mol. The molecular formula is C18H32O4. The fraction of sp³-hybridized carbons (Fsp3) is 0.889. The Labute approximate surface area is 134 Å². The number of carbonyl (C=O) groups excluding carboxylic acids is 2. The van der Waals surface area contributed by atoms with Crippen LogP contribution in [0.1, 0.15) is 66.2 Å². The van der Waals surface area contributed by atoms with Gasteiger partial charge >= 0.3 is 11.9 Å². The van der Waals surface area contributed by atoms with Crippen molar-refractivity contribution in [2.45, 2.75) is 66.2 Å². The van der Waals surface area contributed by atoms with Gasteiger partial charge in [-0.15, -0.1) is 0 Å². The third-order valence-electron chi connectivity index (χ3n) is 4.10. The topological polar surface area (TPSA) is 52.6 Å². The van der Waals surface area contributed by atoms with Crippen LogP contribution < -0.4 is 0 Å². The highest BCUT2D eigenvalue weighted by Gasteiger charge is 2.37. The van der Waals surface area contributed by atoms with E-state index in [0.29, 0.717) is 25.0 Å². The molecule has 1 saturated carbocycles. The second-order valence-electron chi connectivity index (χ2n) is 7.22. The lowest BCUT2D eigenvalue weighted by molar-refractivity contribution is -0.163. The van der Waals surface area contributed by atoms with Crippen molar-refractivity contribution in [2.24, 2.45) is 23.7 Å². The summed E-state index contributed by atoms with van der Waals surface area (Å²) in [5.74, 6) is -0.133. The molecule has 0 heterocycles. The molecule has 4 heteroatoms. The molecule has 0 amide bonds. The highest BCUT2D eigenvalue weighted by molar-refractivity contribution is 5.82. The van der Waals surface area contributed by atoms with Crippen molar-refractivity contribution in [2.75, 3.05) is 13.2 Å². The van der Waals surface area contributed by atoms with Crippen molar-refractivity contribution >= 4 is 11.9 Å². The summed E-state index contributed by atoms with van der Waals surface area (Å²) < 4.78 is 10.7. The van der Waals surface area contributed by atoms with Gasteiger partial charge in [0, 0.05) is 0 Å². The van der Waals surface area contributed by atoms with Crippen LogP contribution >= 0.6 is 0 Å². The molecule has 1 aliphatic rings. The summed E-state index contributed by atoms with van der Waals surface area (Å²) in [5, 5.41) is 0. The number of hydrogen-bond acceptors (Lipinski definition) is 4. The minimum Gasteiger partial charge on any atom is -0.465 e. The molecule has 1 rings (SSSR count). The lowest BCUT2D eigenvalue weighted by atomic mass is 9.79. The van der Waals surface area contributed by atoms with Crippen molar-refractivity contribution in [3.05, 3.63) is 0 Å². The molecule has 2 unspecified atom stereocenters. The van der Waals surface area contributed by atoms with E-state index in [9.17, 15) is 9.59 Å². The van der Waals surface area contributed by atoms with Crippen LogP contribution in [0.2, 0.25) is 0 Å². The Bertz CT molecular complexity index is 349. The van der Waals surface area contributed by atoms with Gasteiger partial charge in [-0.25, -0.2) is 0 Å². The van der Waals surface area contributed by atoms with E-state index >= 15 is 0 Å². The zero-order chi connectivity index (χ0) is 16.5. The smallest absolute Gasteiger partial charge is 0.309 e. The van der Waals surface area contributed by atoms with E-state index in [-0.39, 0.29) is 23.8 Å². The van der Waals surface area contributed by atoms with E-state index in [1.54, 1.807) is 0 Å². The molecule has 1 aliphatic carbocycles. The molecule has 22 heavy (non-hydrogen) atoms. The van der Waals surface area contributed by atoms with Crippen molar-refractivity contribution < 1.29 is 19.1 Å². The number of ether oxygens (including phenoxy) is 2. The Morgan fingerprint density at radius 1 is 0.909 bits per heavy atom. The molecule has 2 atom stereocenters. The SMILES string of the molecule is CC(C)CCCOC(=O)C1CCCCC1C(=O)OCC(C)C. The molecule has 0 bridgehead atoms. The zero-order valence-corrected chi connectivity index (χ0v) is 14.6. The molecule has 0 saturated heterocycles. The summed E-state index contributed by atoms with van der Waals surface area (Å²) in [6.07, 6.45) is 5.39. The summed E-state index contributed by atoms with van der Waals surface area (Å²) in [5.41, 5.74) is 0. The first-order valence-corrected chi connectivity index (χ1v) is 8.75. The van der Waals surface area contributed by atoms with E-state index in [0.717, 1.165) is 38.5 Å². The Morgan fingerprint density at radius 2 is 1.45 bits per heavy atom. The van der Waals surface area contributed by atoms with Crippen molar-refractivity contribution in [1.29, 1.82) is 0 Å². The summed E-state index contributed by atoms with van der Waals surface area (Å²) in [6, 6.07) is 0. The second-order valence-corrected chi connectivity index (χ2v) is 7.22. The Hall–Kier alpha value is -1.06. The van der Waals surface area contributed by atoms with Gasteiger partial charge in [-0.1, -0.05) is 40.5 Å². The van der Waals surface area contributed by atoms with Crippen LogP contribution in [0.4, 0.5) is 0 Å². The molecule has 128 valence electrons. The number of carbonyl (C=O) groups is 2. The maximum absolute atomic E-state index is 12.3. The average Bonchev–Trinajstić information content (AvgIpc) is 2.48. The molecule has 0 aromatic heterocycles. The van der Waals surface area contributed by atoms with Gasteiger partial charge in [0.15, 0.2) is 0 Å². The van der Waals surface area contributed by atoms with Gasteiger partial charge in [-0.2, -0.15) is 0 Å². The first-order chi connectivity index (χ1) is 10.4. The average molecular weight is 312 g/mol. The van der Waals surface area contributed by atoms with Crippen LogP contribution in [0, 0.1) is 23.7 Å². The summed E-state index contributed by atoms with van der Waals surface area (Å²) in [7, 11) is 0. The molecule has 1 fully saturated rings. The summed E-state index contributed by atoms with van der Waals surface area (Å²) in [6.45, 7) is 9.21. The first kappa shape index (κ1) is 19.0. The lowest BCUT2D eigenvalue weighted by Crippen LogP contribution is -2.35. The molecule has 0 aromatic rings. The Balaban J connectivity index is 2.46. The maximum atomic E-state index is 12.3. The maximum Gasteiger partial charge on any atom is 0.309 e. The minimum absolute atomic E-state index is 0.213. The highest BCUT2D eigenvalue weighted by atomic mass is 16.5. The Morgan fingerprint density at radius 3 is 1.95 bits per heavy atom. The van der Waals surface area contributed by atoms with Gasteiger partial charge in [0.2, 0.25) is 0 Å². The number of esters is 2. The largest absolute Gasteiger partial charge is 0.465 e. The van der Waals surface area contributed by atoms with E-state index in [1.807, 2.05) is 13.8 Å². The molecule has 0 aliphatic heterocycles. The molecule has 0 aromatic carbocycles. The molecular weight excluding hydrogens is 280 g/mol. The van der Waals surface area contributed by atoms with E-state index < -0.39 is 0 Å². The highest BCUT2D eigenvalue weighted by Crippen LogP contribution is 2.32. The monoisotopic (exact) mass is 312 g/mol. The predicted octanol–water partition coefficient (Wildman–Crippen LogP) is 3.97. The molecule has 0 N–H and O–H groups in total. The van der Waals surface area contributed by atoms with Gasteiger partial charge in [0.25, 0.3) is 0 Å². The van der Waals surface area contributed by atoms with Gasteiger partial charge in [-0.05, 0) is 37.5 Å². The van der Waals surface area contributed by atoms with E-state index in [4.69, 9.17) is 9.47 Å². The molecule has 4 nitrogen and oxygen atoms in total. The minimum atomic E-state index is -0.315. The summed E-state index contributed by atoms with van der Waals surface area (Å²) >= 11 is 0. The standard InChI is InChI=1S/C18H32O4/c1-13(2)8-7-11-21-17(19)15-9-5-6-10-16(15)18(20)22-12-14(3)4/h13-16H,5-12H2,1-4H3. The Kier molecular flexibility index (Phi) is 8.51. The van der Waals surface area contributed by atoms with Crippen LogP contribution in [-0.2, 0) is 19.1 Å². The van der Waals surface area contributed by atoms with E-state index in [2.05, 4.69) is 13.8 Å². The number of rotatable bonds is 8. The van der Waals surface area contributed by atoms with Gasteiger partial charge in [0.05, 0.1) is 25.0 Å². The molecule has 0 spiro atoms.